The molecule has 0 amide bonds. The second-order valence-electron chi connectivity index (χ2n) is 9.09. The van der Waals surface area contributed by atoms with Crippen LogP contribution in [0.1, 0.15) is 73.6 Å². The summed E-state index contributed by atoms with van der Waals surface area (Å²) in [6, 6.07) is 16.5. The Bertz CT molecular complexity index is 998. The van der Waals surface area contributed by atoms with E-state index in [0.717, 1.165) is 36.9 Å². The van der Waals surface area contributed by atoms with Gasteiger partial charge in [-0.15, -0.1) is 24.8 Å². The predicted molar refractivity (Wildman–Crippen MR) is 150 cm³/mol. The number of aryl methyl sites for hydroxylation is 1. The van der Waals surface area contributed by atoms with Crippen molar-refractivity contribution in [1.82, 2.24) is 9.88 Å². The molecule has 0 saturated heterocycles. The molecular weight excluding hydrogens is 517 g/mol. The fourth-order valence-electron chi connectivity index (χ4n) is 5.18. The number of fused-ring (bicyclic) bond motifs is 1. The third-order valence-corrected chi connectivity index (χ3v) is 7.28. The van der Waals surface area contributed by atoms with Crippen LogP contribution >= 0.6 is 40.7 Å². The molecule has 1 aliphatic rings. The molecule has 1 aliphatic carbocycles. The highest BCUT2D eigenvalue weighted by molar-refractivity contribution is 9.10. The van der Waals surface area contributed by atoms with Crippen LogP contribution in [-0.2, 0) is 0 Å². The summed E-state index contributed by atoms with van der Waals surface area (Å²) in [5.74, 6) is 0.388. The summed E-state index contributed by atoms with van der Waals surface area (Å²) in [7, 11) is 0. The quantitative estimate of drug-likeness (QED) is 0.268. The molecule has 1 heterocycles. The van der Waals surface area contributed by atoms with E-state index < -0.39 is 0 Å². The molecule has 1 fully saturated rings. The van der Waals surface area contributed by atoms with E-state index in [-0.39, 0.29) is 24.8 Å². The van der Waals surface area contributed by atoms with Crippen LogP contribution in [0.4, 0.5) is 0 Å². The van der Waals surface area contributed by atoms with Gasteiger partial charge in [-0.1, -0.05) is 71.1 Å². The monoisotopic (exact) mass is 553 g/mol. The van der Waals surface area contributed by atoms with E-state index in [2.05, 4.69) is 81.4 Å². The zero-order valence-corrected chi connectivity index (χ0v) is 22.8. The number of halogens is 3. The number of nitrogens with one attached hydrogen (secondary N) is 1. The Morgan fingerprint density at radius 2 is 1.85 bits per heavy atom. The molecule has 2 aromatic carbocycles. The van der Waals surface area contributed by atoms with Crippen molar-refractivity contribution in [3.63, 3.8) is 0 Å². The van der Waals surface area contributed by atoms with E-state index in [9.17, 15) is 0 Å². The normalized spacial score (nSPS) is 15.1. The highest BCUT2D eigenvalue weighted by atomic mass is 79.9. The van der Waals surface area contributed by atoms with Gasteiger partial charge in [-0.25, -0.2) is 0 Å². The molecule has 0 radical (unpaired) electrons. The van der Waals surface area contributed by atoms with Crippen molar-refractivity contribution in [2.45, 2.75) is 63.8 Å². The lowest BCUT2D eigenvalue weighted by molar-refractivity contribution is 0.360. The van der Waals surface area contributed by atoms with Gasteiger partial charge in [-0.2, -0.15) is 0 Å². The second-order valence-corrected chi connectivity index (χ2v) is 10.0. The van der Waals surface area contributed by atoms with Crippen molar-refractivity contribution in [1.29, 1.82) is 0 Å². The number of benzene rings is 2. The summed E-state index contributed by atoms with van der Waals surface area (Å²) in [4.78, 5) is 0. The molecule has 182 valence electrons. The molecule has 3 aromatic rings. The Kier molecular flexibility index (Phi) is 11.7. The minimum absolute atomic E-state index is 0. The molecule has 1 unspecified atom stereocenters. The molecule has 0 aliphatic heterocycles. The fourth-order valence-corrected chi connectivity index (χ4v) is 5.53. The van der Waals surface area contributed by atoms with Gasteiger partial charge in [0.1, 0.15) is 0 Å². The lowest BCUT2D eigenvalue weighted by Gasteiger charge is -2.24. The lowest BCUT2D eigenvalue weighted by Crippen LogP contribution is -2.21. The molecule has 3 N–H and O–H groups in total. The molecule has 4 rings (SSSR count). The maximum Gasteiger partial charge on any atom is 0.0497 e. The number of hydrogen-bond acceptors (Lipinski definition) is 2. The van der Waals surface area contributed by atoms with Crippen LogP contribution in [-0.4, -0.2) is 24.2 Å². The molecule has 1 atom stereocenters. The Hall–Kier alpha value is -1.04. The average Bonchev–Trinajstić information content (AvgIpc) is 3.15. The van der Waals surface area contributed by atoms with E-state index >= 15 is 0 Å². The topological polar surface area (TPSA) is 43.0 Å². The van der Waals surface area contributed by atoms with Crippen molar-refractivity contribution in [3.8, 4) is 0 Å². The van der Waals surface area contributed by atoms with Gasteiger partial charge in [-0.05, 0) is 75.5 Å². The molecule has 0 spiro atoms. The maximum atomic E-state index is 5.67. The molecular formula is C27H38BrCl2N3. The Morgan fingerprint density at radius 1 is 1.06 bits per heavy atom. The van der Waals surface area contributed by atoms with Gasteiger partial charge < -0.3 is 15.6 Å². The van der Waals surface area contributed by atoms with Crippen molar-refractivity contribution < 1.29 is 0 Å². The van der Waals surface area contributed by atoms with E-state index in [0.29, 0.717) is 12.0 Å². The van der Waals surface area contributed by atoms with Gasteiger partial charge in [0.05, 0.1) is 0 Å². The SMILES string of the molecule is Cc1cccc(C(CCNCCCN)c2cn(C3CCCCC3)c3cc(Br)ccc23)c1.Cl.Cl. The van der Waals surface area contributed by atoms with Crippen LogP contribution in [0.5, 0.6) is 0 Å². The van der Waals surface area contributed by atoms with Crippen LogP contribution in [0.3, 0.4) is 0 Å². The maximum absolute atomic E-state index is 5.67. The minimum Gasteiger partial charge on any atom is -0.344 e. The van der Waals surface area contributed by atoms with Crippen molar-refractivity contribution >= 4 is 51.6 Å². The number of nitrogens with zero attached hydrogens (tertiary/aromatic N) is 1. The fraction of sp³-hybridized carbons (Fsp3) is 0.481. The first-order valence-corrected chi connectivity index (χ1v) is 12.7. The Labute approximate surface area is 219 Å². The summed E-state index contributed by atoms with van der Waals surface area (Å²) >= 11 is 3.72. The standard InChI is InChI=1S/C27H36BrN3.2ClH/c1-20-7-5-8-21(17-20)24(13-16-30-15-6-14-29)26-19-31(23-9-3-2-4-10-23)27-18-22(28)11-12-25(26)27;;/h5,7-8,11-12,17-19,23-24,30H,2-4,6,9-10,13-16,29H2,1H3;2*1H. The van der Waals surface area contributed by atoms with Gasteiger partial charge in [0.2, 0.25) is 0 Å². The number of nitrogens with two attached hydrogens (primary N) is 1. The first-order chi connectivity index (χ1) is 15.2. The first kappa shape index (κ1) is 28.2. The molecule has 6 heteroatoms. The number of hydrogen-bond donors (Lipinski definition) is 2. The van der Waals surface area contributed by atoms with Crippen LogP contribution < -0.4 is 11.1 Å². The van der Waals surface area contributed by atoms with Crippen LogP contribution in [0.15, 0.2) is 53.1 Å². The average molecular weight is 555 g/mol. The van der Waals surface area contributed by atoms with Crippen LogP contribution in [0, 0.1) is 6.92 Å². The molecule has 1 saturated carbocycles. The van der Waals surface area contributed by atoms with Crippen molar-refractivity contribution in [2.24, 2.45) is 5.73 Å². The second kappa shape index (κ2) is 13.7. The summed E-state index contributed by atoms with van der Waals surface area (Å²) in [5, 5.41) is 5.01. The Morgan fingerprint density at radius 3 is 2.58 bits per heavy atom. The number of rotatable bonds is 9. The van der Waals surface area contributed by atoms with E-state index in [1.54, 1.807) is 0 Å². The smallest absolute Gasteiger partial charge is 0.0497 e. The third kappa shape index (κ3) is 6.99. The molecule has 3 nitrogen and oxygen atoms in total. The highest BCUT2D eigenvalue weighted by Gasteiger charge is 2.24. The van der Waals surface area contributed by atoms with Gasteiger partial charge in [-0.3, -0.25) is 0 Å². The van der Waals surface area contributed by atoms with E-state index in [4.69, 9.17) is 5.73 Å². The minimum atomic E-state index is 0. The van der Waals surface area contributed by atoms with Gasteiger partial charge >= 0.3 is 0 Å². The summed E-state index contributed by atoms with van der Waals surface area (Å²) in [6.45, 7) is 4.94. The van der Waals surface area contributed by atoms with E-state index in [1.807, 2.05) is 0 Å². The molecule has 33 heavy (non-hydrogen) atoms. The summed E-state index contributed by atoms with van der Waals surface area (Å²) in [6.07, 6.45) is 11.3. The zero-order chi connectivity index (χ0) is 21.6. The molecule has 0 bridgehead atoms. The van der Waals surface area contributed by atoms with Gasteiger partial charge in [0, 0.05) is 33.5 Å². The summed E-state index contributed by atoms with van der Waals surface area (Å²) in [5.41, 5.74) is 11.3. The lowest BCUT2D eigenvalue weighted by atomic mass is 9.87. The van der Waals surface area contributed by atoms with Crippen LogP contribution in [0.2, 0.25) is 0 Å². The Balaban J connectivity index is 0.00000193. The first-order valence-electron chi connectivity index (χ1n) is 11.9. The van der Waals surface area contributed by atoms with E-state index in [1.165, 1.54) is 59.7 Å². The highest BCUT2D eigenvalue weighted by Crippen LogP contribution is 2.39. The van der Waals surface area contributed by atoms with Crippen LogP contribution in [0.25, 0.3) is 10.9 Å². The third-order valence-electron chi connectivity index (χ3n) is 6.78. The zero-order valence-electron chi connectivity index (χ0n) is 19.6. The summed E-state index contributed by atoms with van der Waals surface area (Å²) < 4.78 is 3.76. The predicted octanol–water partition coefficient (Wildman–Crippen LogP) is 7.52. The largest absolute Gasteiger partial charge is 0.344 e. The number of aromatic nitrogens is 1. The molecule has 1 aromatic heterocycles. The van der Waals surface area contributed by atoms with Gasteiger partial charge in [0.25, 0.3) is 0 Å². The van der Waals surface area contributed by atoms with Crippen molar-refractivity contribution in [3.05, 3.63) is 69.8 Å². The van der Waals surface area contributed by atoms with Gasteiger partial charge in [0.15, 0.2) is 0 Å². The van der Waals surface area contributed by atoms with Crippen molar-refractivity contribution in [2.75, 3.05) is 19.6 Å².